The van der Waals surface area contributed by atoms with Gasteiger partial charge in [0.2, 0.25) is 11.8 Å². The van der Waals surface area contributed by atoms with Crippen LogP contribution in [0.1, 0.15) is 82.8 Å². The molecule has 214 valence electrons. The van der Waals surface area contributed by atoms with Crippen LogP contribution in [0, 0.1) is 0 Å². The number of cyclic esters (lactones) is 1. The number of fused-ring (bicyclic) bond motifs is 4. The number of hydrogen-bond donors (Lipinski definition) is 2. The number of nitrogens with zero attached hydrogens (tertiary/aromatic N) is 2. The van der Waals surface area contributed by atoms with Crippen LogP contribution in [-0.4, -0.2) is 62.1 Å². The number of carbonyl (C=O) groups is 4. The molecule has 3 rings (SSSR count). The van der Waals surface area contributed by atoms with Crippen LogP contribution in [-0.2, 0) is 30.5 Å². The minimum absolute atomic E-state index is 0.0642. The molecule has 0 aromatic carbocycles. The SMILES string of the molecule is CCCCCCCC(=O)SCC/C=C/[C@@H]1CC(=O)NCc2nc(cs2)C2=N[C@@](C)(CS2)C(=O)N[C@@H](C)C(=O)O1. The number of hydrogen-bond acceptors (Lipinski definition) is 10. The van der Waals surface area contributed by atoms with E-state index in [1.165, 1.54) is 54.1 Å². The summed E-state index contributed by atoms with van der Waals surface area (Å²) in [5.41, 5.74) is -0.341. The van der Waals surface area contributed by atoms with Crippen LogP contribution in [0.5, 0.6) is 0 Å². The Morgan fingerprint density at radius 2 is 2.05 bits per heavy atom. The van der Waals surface area contributed by atoms with Gasteiger partial charge in [0.15, 0.2) is 5.12 Å². The number of esters is 1. The monoisotopic (exact) mass is 594 g/mol. The predicted molar refractivity (Wildman–Crippen MR) is 158 cm³/mol. The number of ether oxygens (including phenoxy) is 1. The van der Waals surface area contributed by atoms with Gasteiger partial charge in [-0.3, -0.25) is 19.4 Å². The van der Waals surface area contributed by atoms with E-state index in [-0.39, 0.29) is 29.9 Å². The smallest absolute Gasteiger partial charge is 0.328 e. The number of carbonyl (C=O) groups excluding carboxylic acids is 4. The van der Waals surface area contributed by atoms with Gasteiger partial charge in [0.1, 0.15) is 33.4 Å². The number of aliphatic imine (C=N–C) groups is 1. The fraction of sp³-hybridized carbons (Fsp3) is 0.630. The summed E-state index contributed by atoms with van der Waals surface area (Å²) in [7, 11) is 0. The van der Waals surface area contributed by atoms with Gasteiger partial charge in [0.25, 0.3) is 0 Å². The van der Waals surface area contributed by atoms with Gasteiger partial charge in [0, 0.05) is 23.3 Å². The van der Waals surface area contributed by atoms with E-state index < -0.39 is 23.7 Å². The Morgan fingerprint density at radius 3 is 2.85 bits per heavy atom. The van der Waals surface area contributed by atoms with Crippen LogP contribution in [0.3, 0.4) is 0 Å². The zero-order valence-corrected chi connectivity index (χ0v) is 25.3. The maximum Gasteiger partial charge on any atom is 0.328 e. The zero-order valence-electron chi connectivity index (χ0n) is 22.8. The van der Waals surface area contributed by atoms with Gasteiger partial charge in [-0.15, -0.1) is 23.1 Å². The van der Waals surface area contributed by atoms with E-state index in [0.717, 1.165) is 17.8 Å². The lowest BCUT2D eigenvalue weighted by molar-refractivity contribution is -0.151. The van der Waals surface area contributed by atoms with Crippen molar-refractivity contribution in [2.75, 3.05) is 11.5 Å². The van der Waals surface area contributed by atoms with Crippen molar-refractivity contribution >= 4 is 62.8 Å². The van der Waals surface area contributed by atoms with E-state index in [0.29, 0.717) is 35.1 Å². The maximum atomic E-state index is 13.0. The van der Waals surface area contributed by atoms with Gasteiger partial charge in [0.05, 0.1) is 13.0 Å². The molecule has 2 amide bonds. The summed E-state index contributed by atoms with van der Waals surface area (Å²) in [6.07, 6.45) is 9.41. The van der Waals surface area contributed by atoms with Crippen LogP contribution in [0.2, 0.25) is 0 Å². The third-order valence-electron chi connectivity index (χ3n) is 6.27. The number of amides is 2. The Balaban J connectivity index is 1.59. The molecule has 0 aliphatic carbocycles. The summed E-state index contributed by atoms with van der Waals surface area (Å²) < 4.78 is 5.61. The van der Waals surface area contributed by atoms with Crippen LogP contribution in [0.15, 0.2) is 22.5 Å². The molecule has 2 N–H and O–H groups in total. The van der Waals surface area contributed by atoms with E-state index in [2.05, 4.69) is 27.5 Å². The molecule has 0 saturated carbocycles. The highest BCUT2D eigenvalue weighted by atomic mass is 32.2. The Morgan fingerprint density at radius 1 is 1.26 bits per heavy atom. The summed E-state index contributed by atoms with van der Waals surface area (Å²) in [4.78, 5) is 59.7. The summed E-state index contributed by atoms with van der Waals surface area (Å²) >= 11 is 4.16. The van der Waals surface area contributed by atoms with E-state index in [9.17, 15) is 19.2 Å². The van der Waals surface area contributed by atoms with Gasteiger partial charge in [-0.2, -0.15) is 0 Å². The number of aromatic nitrogens is 1. The topological polar surface area (TPSA) is 127 Å². The number of nitrogens with one attached hydrogen (secondary N) is 2. The normalized spacial score (nSPS) is 24.3. The summed E-state index contributed by atoms with van der Waals surface area (Å²) in [6, 6.07) is -0.915. The Labute approximate surface area is 242 Å². The largest absolute Gasteiger partial charge is 0.456 e. The lowest BCUT2D eigenvalue weighted by Gasteiger charge is -2.23. The first-order valence-corrected chi connectivity index (χ1v) is 16.3. The molecule has 12 heteroatoms. The van der Waals surface area contributed by atoms with E-state index >= 15 is 0 Å². The molecule has 9 nitrogen and oxygen atoms in total. The first-order chi connectivity index (χ1) is 18.7. The van der Waals surface area contributed by atoms with E-state index in [1.54, 1.807) is 19.9 Å². The molecule has 2 aliphatic heterocycles. The van der Waals surface area contributed by atoms with Gasteiger partial charge >= 0.3 is 5.97 Å². The molecule has 0 fully saturated rings. The molecular formula is C27H38N4O5S3. The molecule has 4 bridgehead atoms. The van der Waals surface area contributed by atoms with Crippen molar-refractivity contribution in [2.24, 2.45) is 4.99 Å². The van der Waals surface area contributed by atoms with E-state index in [4.69, 9.17) is 4.74 Å². The Kier molecular flexibility index (Phi) is 12.5. The molecule has 0 spiro atoms. The molecule has 2 aliphatic rings. The minimum Gasteiger partial charge on any atom is -0.456 e. The lowest BCUT2D eigenvalue weighted by Crippen LogP contribution is -2.50. The summed E-state index contributed by atoms with van der Waals surface area (Å²) in [5.74, 6) is -0.231. The fourth-order valence-electron chi connectivity index (χ4n) is 3.91. The number of thiazole rings is 1. The highest BCUT2D eigenvalue weighted by Gasteiger charge is 2.40. The second kappa shape index (κ2) is 15.6. The maximum absolute atomic E-state index is 13.0. The van der Waals surface area contributed by atoms with Gasteiger partial charge in [-0.1, -0.05) is 50.4 Å². The minimum atomic E-state index is -1.02. The van der Waals surface area contributed by atoms with Crippen molar-refractivity contribution in [3.63, 3.8) is 0 Å². The van der Waals surface area contributed by atoms with Crippen LogP contribution < -0.4 is 10.6 Å². The molecule has 0 unspecified atom stereocenters. The summed E-state index contributed by atoms with van der Waals surface area (Å²) in [6.45, 7) is 5.70. The lowest BCUT2D eigenvalue weighted by atomic mass is 10.0. The molecule has 0 radical (unpaired) electrons. The second-order valence-electron chi connectivity index (χ2n) is 9.86. The molecule has 1 aromatic heterocycles. The Bertz CT molecular complexity index is 1090. The highest BCUT2D eigenvalue weighted by Crippen LogP contribution is 2.32. The third-order valence-corrected chi connectivity index (χ3v) is 9.37. The number of thioether (sulfide) groups is 2. The molecule has 1 aromatic rings. The average Bonchev–Trinajstić information content (AvgIpc) is 3.54. The number of unbranched alkanes of at least 4 members (excludes halogenated alkanes) is 4. The number of allylic oxidation sites excluding steroid dienone is 1. The van der Waals surface area contributed by atoms with Crippen molar-refractivity contribution in [1.29, 1.82) is 0 Å². The number of rotatable bonds is 10. The quantitative estimate of drug-likeness (QED) is 0.232. The van der Waals surface area contributed by atoms with Crippen molar-refractivity contribution in [3.8, 4) is 0 Å². The fourth-order valence-corrected chi connectivity index (χ4v) is 6.60. The molecule has 3 heterocycles. The first-order valence-electron chi connectivity index (χ1n) is 13.5. The van der Waals surface area contributed by atoms with Gasteiger partial charge in [-0.25, -0.2) is 9.78 Å². The van der Waals surface area contributed by atoms with Gasteiger partial charge < -0.3 is 15.4 Å². The molecule has 3 atom stereocenters. The van der Waals surface area contributed by atoms with Crippen molar-refractivity contribution < 1.29 is 23.9 Å². The standard InChI is InChI=1S/C27H38N4O5S3/c1-4-5-6-7-8-12-23(33)37-13-10-9-11-19-14-21(32)28-15-22-30-20(16-38-22)24-31-27(3,17-39-24)26(35)29-18(2)25(34)36-19/h9,11,16,18-19H,4-8,10,12-15,17H2,1-3H3,(H,28,32)(H,29,35)/b11-9+/t18-,19+,27-/m0/s1. The van der Waals surface area contributed by atoms with E-state index in [1.807, 2.05) is 11.5 Å². The van der Waals surface area contributed by atoms with Crippen LogP contribution >= 0.6 is 34.9 Å². The van der Waals surface area contributed by atoms with Crippen molar-refractivity contribution in [2.45, 2.75) is 96.4 Å². The highest BCUT2D eigenvalue weighted by molar-refractivity contribution is 8.14. The van der Waals surface area contributed by atoms with Crippen molar-refractivity contribution in [3.05, 3.63) is 28.2 Å². The van der Waals surface area contributed by atoms with Crippen LogP contribution in [0.4, 0.5) is 0 Å². The van der Waals surface area contributed by atoms with Crippen LogP contribution in [0.25, 0.3) is 0 Å². The second-order valence-corrected chi connectivity index (χ2v) is 12.9. The zero-order chi connectivity index (χ0) is 28.3. The predicted octanol–water partition coefficient (Wildman–Crippen LogP) is 4.40. The molecular weight excluding hydrogens is 557 g/mol. The third kappa shape index (κ3) is 10.1. The summed E-state index contributed by atoms with van der Waals surface area (Å²) in [5, 5.41) is 9.00. The Hall–Kier alpha value is -2.18. The van der Waals surface area contributed by atoms with Gasteiger partial charge in [-0.05, 0) is 32.8 Å². The molecule has 0 saturated heterocycles. The average molecular weight is 595 g/mol. The van der Waals surface area contributed by atoms with Crippen molar-refractivity contribution in [1.82, 2.24) is 15.6 Å². The molecule has 39 heavy (non-hydrogen) atoms. The first kappa shape index (κ1) is 31.3.